The summed E-state index contributed by atoms with van der Waals surface area (Å²) in [6, 6.07) is 5.88. The molecule has 27 heavy (non-hydrogen) atoms. The molecule has 1 heterocycles. The zero-order chi connectivity index (χ0) is 20.2. The van der Waals surface area contributed by atoms with Crippen molar-refractivity contribution < 1.29 is 23.1 Å². The number of rotatable bonds is 7. The summed E-state index contributed by atoms with van der Waals surface area (Å²) < 4.78 is 26.9. The van der Waals surface area contributed by atoms with Crippen LogP contribution in [0.1, 0.15) is 56.8 Å². The van der Waals surface area contributed by atoms with Crippen molar-refractivity contribution in [1.82, 2.24) is 9.62 Å². The van der Waals surface area contributed by atoms with Crippen molar-refractivity contribution in [3.05, 3.63) is 29.8 Å². The van der Waals surface area contributed by atoms with E-state index in [-0.39, 0.29) is 17.2 Å². The number of nitrogens with zero attached hydrogens (tertiary/aromatic N) is 1. The van der Waals surface area contributed by atoms with Crippen LogP contribution in [0.3, 0.4) is 0 Å². The third kappa shape index (κ3) is 5.77. The van der Waals surface area contributed by atoms with E-state index in [2.05, 4.69) is 12.2 Å². The van der Waals surface area contributed by atoms with Gasteiger partial charge in [-0.15, -0.1) is 0 Å². The molecular weight excluding hydrogens is 368 g/mol. The fourth-order valence-electron chi connectivity index (χ4n) is 3.01. The lowest BCUT2D eigenvalue weighted by atomic mass is 9.98. The average Bonchev–Trinajstić information content (AvgIpc) is 2.60. The van der Waals surface area contributed by atoms with Crippen molar-refractivity contribution in [3.63, 3.8) is 0 Å². The van der Waals surface area contributed by atoms with E-state index in [4.69, 9.17) is 5.11 Å². The second kappa shape index (κ2) is 8.39. The summed E-state index contributed by atoms with van der Waals surface area (Å²) in [4.78, 5) is 23.3. The summed E-state index contributed by atoms with van der Waals surface area (Å²) in [5.41, 5.74) is -0.338. The van der Waals surface area contributed by atoms with Crippen LogP contribution in [0.5, 0.6) is 0 Å². The van der Waals surface area contributed by atoms with E-state index in [9.17, 15) is 18.0 Å². The van der Waals surface area contributed by atoms with Gasteiger partial charge >= 0.3 is 5.97 Å². The highest BCUT2D eigenvalue weighted by atomic mass is 32.2. The predicted octanol–water partition coefficient (Wildman–Crippen LogP) is 2.48. The highest BCUT2D eigenvalue weighted by Crippen LogP contribution is 2.23. The molecule has 8 heteroatoms. The summed E-state index contributed by atoms with van der Waals surface area (Å²) in [5, 5.41) is 11.6. The van der Waals surface area contributed by atoms with Gasteiger partial charge in [0.05, 0.1) is 4.90 Å². The lowest BCUT2D eigenvalue weighted by Gasteiger charge is -2.29. The Bertz CT molecular complexity index is 779. The molecule has 2 N–H and O–H groups in total. The predicted molar refractivity (Wildman–Crippen MR) is 102 cm³/mol. The Morgan fingerprint density at radius 3 is 2.26 bits per heavy atom. The number of piperidine rings is 1. The fourth-order valence-corrected chi connectivity index (χ4v) is 4.48. The van der Waals surface area contributed by atoms with Crippen molar-refractivity contribution >= 4 is 21.9 Å². The van der Waals surface area contributed by atoms with Crippen molar-refractivity contribution in [2.45, 2.75) is 56.9 Å². The van der Waals surface area contributed by atoms with Crippen LogP contribution in [-0.4, -0.2) is 48.3 Å². The molecule has 7 nitrogen and oxygen atoms in total. The van der Waals surface area contributed by atoms with Crippen LogP contribution < -0.4 is 5.32 Å². The third-order valence-corrected chi connectivity index (χ3v) is 6.83. The van der Waals surface area contributed by atoms with Gasteiger partial charge in [0.15, 0.2) is 0 Å². The minimum absolute atomic E-state index is 0.0427. The number of carbonyl (C=O) groups excluding carboxylic acids is 1. The monoisotopic (exact) mass is 396 g/mol. The number of hydrogen-bond donors (Lipinski definition) is 2. The number of amides is 1. The molecule has 0 spiro atoms. The van der Waals surface area contributed by atoms with Gasteiger partial charge in [-0.25, -0.2) is 8.42 Å². The minimum Gasteiger partial charge on any atom is -0.481 e. The third-order valence-electron chi connectivity index (χ3n) is 4.91. The first kappa shape index (κ1) is 21.4. The fraction of sp³-hybridized carbons (Fsp3) is 0.579. The second-order valence-electron chi connectivity index (χ2n) is 7.84. The molecule has 150 valence electrons. The highest BCUT2D eigenvalue weighted by Gasteiger charge is 2.28. The van der Waals surface area contributed by atoms with Crippen LogP contribution in [-0.2, 0) is 14.8 Å². The van der Waals surface area contributed by atoms with Crippen LogP contribution >= 0.6 is 0 Å². The summed E-state index contributed by atoms with van der Waals surface area (Å²) >= 11 is 0. The first-order chi connectivity index (χ1) is 12.5. The molecular formula is C19H28N2O5S. The molecule has 1 fully saturated rings. The van der Waals surface area contributed by atoms with Gasteiger partial charge in [-0.2, -0.15) is 4.31 Å². The molecule has 0 saturated carbocycles. The smallest absolute Gasteiger partial charge is 0.303 e. The molecule has 0 bridgehead atoms. The van der Waals surface area contributed by atoms with E-state index in [1.54, 1.807) is 13.8 Å². The SMILES string of the molecule is CC1CCN(S(=O)(=O)c2ccc(C(=O)NC(C)(C)CCC(=O)O)cc2)CC1. The van der Waals surface area contributed by atoms with E-state index >= 15 is 0 Å². The largest absolute Gasteiger partial charge is 0.481 e. The van der Waals surface area contributed by atoms with Gasteiger partial charge in [-0.3, -0.25) is 9.59 Å². The summed E-state index contributed by atoms with van der Waals surface area (Å²) in [5.74, 6) is -0.743. The summed E-state index contributed by atoms with van der Waals surface area (Å²) in [6.45, 7) is 6.66. The van der Waals surface area contributed by atoms with Gasteiger partial charge in [-0.05, 0) is 63.3 Å². The van der Waals surface area contributed by atoms with Gasteiger partial charge in [0.1, 0.15) is 0 Å². The van der Waals surface area contributed by atoms with Crippen molar-refractivity contribution in [2.75, 3.05) is 13.1 Å². The Labute approximate surface area is 160 Å². The molecule has 0 unspecified atom stereocenters. The number of benzene rings is 1. The number of aliphatic carboxylic acids is 1. The molecule has 0 radical (unpaired) electrons. The van der Waals surface area contributed by atoms with Crippen LogP contribution in [0, 0.1) is 5.92 Å². The van der Waals surface area contributed by atoms with Crippen molar-refractivity contribution in [2.24, 2.45) is 5.92 Å². The van der Waals surface area contributed by atoms with Crippen molar-refractivity contribution in [1.29, 1.82) is 0 Å². The summed E-state index contributed by atoms with van der Waals surface area (Å²) in [7, 11) is -3.54. The Kier molecular flexibility index (Phi) is 6.64. The maximum atomic E-state index is 12.7. The first-order valence-corrected chi connectivity index (χ1v) is 10.6. The molecule has 1 aromatic rings. The van der Waals surface area contributed by atoms with E-state index in [1.165, 1.54) is 28.6 Å². The zero-order valence-corrected chi connectivity index (χ0v) is 16.9. The Morgan fingerprint density at radius 2 is 1.74 bits per heavy atom. The van der Waals surface area contributed by atoms with Crippen LogP contribution in [0.25, 0.3) is 0 Å². The van der Waals surface area contributed by atoms with E-state index in [0.29, 0.717) is 31.0 Å². The van der Waals surface area contributed by atoms with Crippen molar-refractivity contribution in [3.8, 4) is 0 Å². The molecule has 1 amide bonds. The molecule has 1 aromatic carbocycles. The molecule has 1 saturated heterocycles. The van der Waals surface area contributed by atoms with Gasteiger partial charge in [-0.1, -0.05) is 6.92 Å². The Morgan fingerprint density at radius 1 is 1.19 bits per heavy atom. The maximum Gasteiger partial charge on any atom is 0.303 e. The normalized spacial score (nSPS) is 16.9. The lowest BCUT2D eigenvalue weighted by Crippen LogP contribution is -2.43. The topological polar surface area (TPSA) is 104 Å². The van der Waals surface area contributed by atoms with Crippen LogP contribution in [0.2, 0.25) is 0 Å². The molecule has 2 rings (SSSR count). The number of nitrogens with one attached hydrogen (secondary N) is 1. The van der Waals surface area contributed by atoms with Gasteiger partial charge < -0.3 is 10.4 Å². The summed E-state index contributed by atoms with van der Waals surface area (Å²) in [6.07, 6.45) is 1.96. The Balaban J connectivity index is 2.05. The molecule has 1 aliphatic rings. The molecule has 0 aliphatic carbocycles. The molecule has 0 aromatic heterocycles. The number of hydrogen-bond acceptors (Lipinski definition) is 4. The number of carboxylic acids is 1. The van der Waals surface area contributed by atoms with E-state index in [1.807, 2.05) is 0 Å². The molecule has 1 aliphatic heterocycles. The number of sulfonamides is 1. The average molecular weight is 397 g/mol. The minimum atomic E-state index is -3.54. The van der Waals surface area contributed by atoms with Crippen LogP contribution in [0.15, 0.2) is 29.2 Å². The number of carbonyl (C=O) groups is 2. The quantitative estimate of drug-likeness (QED) is 0.737. The van der Waals surface area contributed by atoms with Gasteiger partial charge in [0.2, 0.25) is 10.0 Å². The Hall–Kier alpha value is -1.93. The van der Waals surface area contributed by atoms with E-state index in [0.717, 1.165) is 12.8 Å². The molecule has 0 atom stereocenters. The first-order valence-electron chi connectivity index (χ1n) is 9.16. The standard InChI is InChI=1S/C19H28N2O5S/c1-14-9-12-21(13-10-14)27(25,26)16-6-4-15(5-7-16)18(24)20-19(2,3)11-8-17(22)23/h4-7,14H,8-13H2,1-3H3,(H,20,24)(H,22,23). The zero-order valence-electron chi connectivity index (χ0n) is 16.1. The number of carboxylic acid groups (broad SMARTS) is 1. The maximum absolute atomic E-state index is 12.7. The lowest BCUT2D eigenvalue weighted by molar-refractivity contribution is -0.137. The highest BCUT2D eigenvalue weighted by molar-refractivity contribution is 7.89. The van der Waals surface area contributed by atoms with Crippen LogP contribution in [0.4, 0.5) is 0 Å². The van der Waals surface area contributed by atoms with Gasteiger partial charge in [0.25, 0.3) is 5.91 Å². The van der Waals surface area contributed by atoms with Gasteiger partial charge in [0, 0.05) is 30.6 Å². The van der Waals surface area contributed by atoms with E-state index < -0.39 is 21.5 Å². The second-order valence-corrected chi connectivity index (χ2v) is 9.78.